The molecule has 7 nitrogen and oxygen atoms in total. The molecule has 1 heterocycles. The summed E-state index contributed by atoms with van der Waals surface area (Å²) >= 11 is 0. The summed E-state index contributed by atoms with van der Waals surface area (Å²) in [4.78, 5) is 25.1. The van der Waals surface area contributed by atoms with Crippen molar-refractivity contribution >= 4 is 11.7 Å². The molecule has 0 aliphatic rings. The molecule has 0 bridgehead atoms. The normalized spacial score (nSPS) is 11.7. The number of nitrogens with zero attached hydrogens (tertiary/aromatic N) is 2. The number of hydrogen-bond acceptors (Lipinski definition) is 6. The molecule has 0 saturated heterocycles. The molecular weight excluding hydrogens is 228 g/mol. The Bertz CT molecular complexity index is 446. The summed E-state index contributed by atoms with van der Waals surface area (Å²) in [5.74, 6) is -0.819. The van der Waals surface area contributed by atoms with Gasteiger partial charge in [0.1, 0.15) is 0 Å². The molecule has 1 atom stereocenters. The fraction of sp³-hybridized carbons (Fsp3) is 0.400. The molecule has 0 N–H and O–H groups in total. The van der Waals surface area contributed by atoms with Crippen LogP contribution in [0.2, 0.25) is 0 Å². The zero-order valence-corrected chi connectivity index (χ0v) is 9.67. The lowest BCUT2D eigenvalue weighted by molar-refractivity contribution is -0.386. The molecule has 0 fully saturated rings. The first kappa shape index (κ1) is 12.9. The highest BCUT2D eigenvalue weighted by Gasteiger charge is 2.22. The zero-order valence-electron chi connectivity index (χ0n) is 9.67. The summed E-state index contributed by atoms with van der Waals surface area (Å²) < 4.78 is 9.53. The summed E-state index contributed by atoms with van der Waals surface area (Å²) in [6, 6.07) is 1.33. The van der Waals surface area contributed by atoms with Crippen molar-refractivity contribution in [3.05, 3.63) is 27.9 Å². The van der Waals surface area contributed by atoms with Gasteiger partial charge in [0.05, 0.1) is 12.0 Å². The average Bonchev–Trinajstić information content (AvgIpc) is 2.29. The van der Waals surface area contributed by atoms with E-state index in [4.69, 9.17) is 4.74 Å². The van der Waals surface area contributed by atoms with Gasteiger partial charge in [-0.3, -0.25) is 10.1 Å². The highest BCUT2D eigenvalue weighted by atomic mass is 16.6. The molecule has 0 aliphatic heterocycles. The van der Waals surface area contributed by atoms with Crippen molar-refractivity contribution in [3.63, 3.8) is 0 Å². The third kappa shape index (κ3) is 3.13. The van der Waals surface area contributed by atoms with E-state index < -0.39 is 17.0 Å². The molecule has 17 heavy (non-hydrogen) atoms. The van der Waals surface area contributed by atoms with E-state index in [2.05, 4.69) is 9.72 Å². The van der Waals surface area contributed by atoms with Crippen LogP contribution in [0.15, 0.2) is 12.3 Å². The maximum Gasteiger partial charge on any atom is 0.346 e. The Morgan fingerprint density at radius 1 is 1.59 bits per heavy atom. The second-order valence-corrected chi connectivity index (χ2v) is 3.38. The number of ether oxygens (including phenoxy) is 2. The molecular formula is C10H12N2O5. The number of nitro groups is 1. The smallest absolute Gasteiger partial charge is 0.346 e. The molecule has 0 saturated carbocycles. The fourth-order valence-electron chi connectivity index (χ4n) is 1.14. The van der Waals surface area contributed by atoms with Crippen molar-refractivity contribution in [3.8, 4) is 5.88 Å². The fourth-order valence-corrected chi connectivity index (χ4v) is 1.14. The number of aromatic nitrogens is 1. The molecule has 7 heteroatoms. The minimum absolute atomic E-state index is 0.196. The number of esters is 1. The standard InChI is InChI=1S/C10H12N2O5/c1-6-4-8(12(14)15)9(11-5-6)17-7(2)10(13)16-3/h4-5,7H,1-3H3. The maximum atomic E-state index is 11.1. The van der Waals surface area contributed by atoms with Crippen LogP contribution in [-0.2, 0) is 9.53 Å². The first-order chi connectivity index (χ1) is 7.95. The quantitative estimate of drug-likeness (QED) is 0.446. The van der Waals surface area contributed by atoms with Crippen molar-refractivity contribution in [1.29, 1.82) is 0 Å². The Kier molecular flexibility index (Phi) is 3.97. The van der Waals surface area contributed by atoms with E-state index in [0.29, 0.717) is 5.56 Å². The van der Waals surface area contributed by atoms with Crippen LogP contribution >= 0.6 is 0 Å². The Morgan fingerprint density at radius 2 is 2.24 bits per heavy atom. The van der Waals surface area contributed by atoms with Gasteiger partial charge in [0.25, 0.3) is 5.88 Å². The number of carbonyl (C=O) groups excluding carboxylic acids is 1. The van der Waals surface area contributed by atoms with Crippen LogP contribution < -0.4 is 4.74 Å². The van der Waals surface area contributed by atoms with Crippen molar-refractivity contribution < 1.29 is 19.2 Å². The number of carbonyl (C=O) groups is 1. The van der Waals surface area contributed by atoms with Crippen LogP contribution in [0.4, 0.5) is 5.69 Å². The first-order valence-corrected chi connectivity index (χ1v) is 4.81. The summed E-state index contributed by atoms with van der Waals surface area (Å²) in [7, 11) is 1.21. The average molecular weight is 240 g/mol. The van der Waals surface area contributed by atoms with E-state index in [1.807, 2.05) is 0 Å². The number of hydrogen-bond donors (Lipinski definition) is 0. The van der Waals surface area contributed by atoms with E-state index >= 15 is 0 Å². The van der Waals surface area contributed by atoms with E-state index in [1.165, 1.54) is 26.3 Å². The maximum absolute atomic E-state index is 11.1. The van der Waals surface area contributed by atoms with Crippen molar-refractivity contribution in [1.82, 2.24) is 4.98 Å². The van der Waals surface area contributed by atoms with Crippen molar-refractivity contribution in [2.24, 2.45) is 0 Å². The van der Waals surface area contributed by atoms with Gasteiger partial charge in [0, 0.05) is 12.3 Å². The van der Waals surface area contributed by atoms with Crippen LogP contribution in [0.5, 0.6) is 5.88 Å². The Labute approximate surface area is 97.5 Å². The minimum atomic E-state index is -0.950. The topological polar surface area (TPSA) is 91.6 Å². The Hall–Kier alpha value is -2.18. The third-order valence-corrected chi connectivity index (χ3v) is 1.99. The summed E-state index contributed by atoms with van der Waals surface area (Å²) in [5, 5.41) is 10.8. The third-order valence-electron chi connectivity index (χ3n) is 1.99. The van der Waals surface area contributed by atoms with Crippen LogP contribution in [-0.4, -0.2) is 29.1 Å². The molecule has 0 aliphatic carbocycles. The number of aryl methyl sites for hydroxylation is 1. The molecule has 1 rings (SSSR count). The van der Waals surface area contributed by atoms with Crippen molar-refractivity contribution in [2.45, 2.75) is 20.0 Å². The molecule has 0 spiro atoms. The predicted octanol–water partition coefficient (Wildman–Crippen LogP) is 1.24. The lowest BCUT2D eigenvalue weighted by Gasteiger charge is -2.11. The molecule has 0 radical (unpaired) electrons. The minimum Gasteiger partial charge on any atom is -0.466 e. The van der Waals surface area contributed by atoms with E-state index in [9.17, 15) is 14.9 Å². The predicted molar refractivity (Wildman–Crippen MR) is 57.7 cm³/mol. The monoisotopic (exact) mass is 240 g/mol. The molecule has 0 aromatic carbocycles. The summed E-state index contributed by atoms with van der Waals surface area (Å²) in [6.07, 6.45) is 0.473. The van der Waals surface area contributed by atoms with Crippen LogP contribution in [0.1, 0.15) is 12.5 Å². The lowest BCUT2D eigenvalue weighted by Crippen LogP contribution is -2.25. The van der Waals surface area contributed by atoms with Gasteiger partial charge in [-0.25, -0.2) is 9.78 Å². The van der Waals surface area contributed by atoms with Crippen LogP contribution in [0.25, 0.3) is 0 Å². The molecule has 92 valence electrons. The second kappa shape index (κ2) is 5.24. The summed E-state index contributed by atoms with van der Waals surface area (Å²) in [5.41, 5.74) is 0.357. The van der Waals surface area contributed by atoms with Gasteiger partial charge in [0.15, 0.2) is 6.10 Å². The van der Waals surface area contributed by atoms with Gasteiger partial charge in [-0.2, -0.15) is 0 Å². The Morgan fingerprint density at radius 3 is 2.76 bits per heavy atom. The summed E-state index contributed by atoms with van der Waals surface area (Å²) in [6.45, 7) is 3.10. The number of rotatable bonds is 4. The van der Waals surface area contributed by atoms with Crippen molar-refractivity contribution in [2.75, 3.05) is 7.11 Å². The van der Waals surface area contributed by atoms with Gasteiger partial charge in [-0.1, -0.05) is 0 Å². The first-order valence-electron chi connectivity index (χ1n) is 4.81. The largest absolute Gasteiger partial charge is 0.466 e. The highest BCUT2D eigenvalue weighted by molar-refractivity contribution is 5.74. The van der Waals surface area contributed by atoms with Gasteiger partial charge < -0.3 is 9.47 Å². The molecule has 1 unspecified atom stereocenters. The van der Waals surface area contributed by atoms with Crippen LogP contribution in [0.3, 0.4) is 0 Å². The van der Waals surface area contributed by atoms with E-state index in [-0.39, 0.29) is 11.6 Å². The Balaban J connectivity index is 2.98. The molecule has 1 aromatic heterocycles. The van der Waals surface area contributed by atoms with Gasteiger partial charge in [0.2, 0.25) is 0 Å². The van der Waals surface area contributed by atoms with E-state index in [0.717, 1.165) is 0 Å². The molecule has 1 aromatic rings. The van der Waals surface area contributed by atoms with Gasteiger partial charge in [-0.05, 0) is 19.4 Å². The number of methoxy groups -OCH3 is 1. The second-order valence-electron chi connectivity index (χ2n) is 3.38. The van der Waals surface area contributed by atoms with E-state index in [1.54, 1.807) is 6.92 Å². The van der Waals surface area contributed by atoms with Gasteiger partial charge >= 0.3 is 11.7 Å². The highest BCUT2D eigenvalue weighted by Crippen LogP contribution is 2.25. The lowest BCUT2D eigenvalue weighted by atomic mass is 10.3. The molecule has 0 amide bonds. The SMILES string of the molecule is COC(=O)C(C)Oc1ncc(C)cc1[N+](=O)[O-]. The number of pyridine rings is 1. The van der Waals surface area contributed by atoms with Crippen LogP contribution in [0, 0.1) is 17.0 Å². The zero-order chi connectivity index (χ0) is 13.0. The van der Waals surface area contributed by atoms with Gasteiger partial charge in [-0.15, -0.1) is 0 Å².